The Kier molecular flexibility index (Phi) is 2.71. The molecule has 0 saturated heterocycles. The van der Waals surface area contributed by atoms with Gasteiger partial charge in [0.25, 0.3) is 5.91 Å². The number of nitrogens with two attached hydrogens (primary N) is 1. The Hall–Kier alpha value is -1.36. The lowest BCUT2D eigenvalue weighted by Crippen LogP contribution is -2.53. The number of hydrogen-bond donors (Lipinski definition) is 2. The van der Waals surface area contributed by atoms with Crippen LogP contribution in [0, 0.1) is 12.8 Å². The van der Waals surface area contributed by atoms with Gasteiger partial charge in [-0.05, 0) is 32.6 Å². The zero-order chi connectivity index (χ0) is 11.8. The molecule has 0 spiro atoms. The molecule has 1 heterocycles. The third-order valence-electron chi connectivity index (χ3n) is 3.15. The zero-order valence-electron chi connectivity index (χ0n) is 9.62. The first-order chi connectivity index (χ1) is 7.55. The van der Waals surface area contributed by atoms with E-state index in [0.717, 1.165) is 12.8 Å². The maximum Gasteiger partial charge on any atom is 0.290 e. The molecule has 0 aromatic carbocycles. The second-order valence-corrected chi connectivity index (χ2v) is 4.68. The Balaban J connectivity index is 2.06. The highest BCUT2D eigenvalue weighted by molar-refractivity contribution is 5.92. The quantitative estimate of drug-likeness (QED) is 0.792. The Morgan fingerprint density at radius 1 is 1.75 bits per heavy atom. The first-order valence-corrected chi connectivity index (χ1v) is 5.51. The highest BCUT2D eigenvalue weighted by Gasteiger charge is 2.42. The summed E-state index contributed by atoms with van der Waals surface area (Å²) in [6, 6.07) is 1.62. The third kappa shape index (κ3) is 2.09. The first-order valence-electron chi connectivity index (χ1n) is 5.51. The van der Waals surface area contributed by atoms with E-state index in [4.69, 9.17) is 10.3 Å². The molecule has 1 unspecified atom stereocenters. The number of carbonyl (C=O) groups excluding carboxylic acids is 1. The topological polar surface area (TPSA) is 81.2 Å². The van der Waals surface area contributed by atoms with E-state index in [1.54, 1.807) is 13.0 Å². The van der Waals surface area contributed by atoms with Crippen molar-refractivity contribution in [2.75, 3.05) is 6.54 Å². The Bertz CT molecular complexity index is 398. The van der Waals surface area contributed by atoms with Gasteiger partial charge in [0.1, 0.15) is 0 Å². The molecule has 3 N–H and O–H groups in total. The van der Waals surface area contributed by atoms with E-state index in [1.807, 2.05) is 6.92 Å². The fraction of sp³-hybridized carbons (Fsp3) is 0.636. The van der Waals surface area contributed by atoms with Crippen LogP contribution in [0.4, 0.5) is 0 Å². The van der Waals surface area contributed by atoms with Gasteiger partial charge < -0.3 is 15.6 Å². The van der Waals surface area contributed by atoms with E-state index < -0.39 is 0 Å². The molecule has 1 aliphatic carbocycles. The van der Waals surface area contributed by atoms with Crippen molar-refractivity contribution >= 4 is 5.91 Å². The van der Waals surface area contributed by atoms with E-state index in [1.165, 1.54) is 0 Å². The van der Waals surface area contributed by atoms with Crippen LogP contribution in [0.2, 0.25) is 0 Å². The molecule has 1 aromatic rings. The summed E-state index contributed by atoms with van der Waals surface area (Å²) in [4.78, 5) is 11.9. The molecule has 0 aliphatic heterocycles. The number of aromatic nitrogens is 1. The molecule has 1 saturated carbocycles. The zero-order valence-corrected chi connectivity index (χ0v) is 9.62. The largest absolute Gasteiger partial charge is 0.351 e. The highest BCUT2D eigenvalue weighted by Crippen LogP contribution is 2.39. The molecule has 16 heavy (non-hydrogen) atoms. The van der Waals surface area contributed by atoms with Crippen LogP contribution in [0.5, 0.6) is 0 Å². The van der Waals surface area contributed by atoms with Crippen LogP contribution in [-0.4, -0.2) is 23.1 Å². The van der Waals surface area contributed by atoms with Crippen molar-refractivity contribution in [3.05, 3.63) is 17.5 Å². The van der Waals surface area contributed by atoms with Crippen molar-refractivity contribution in [3.8, 4) is 0 Å². The molecule has 1 fully saturated rings. The average molecular weight is 223 g/mol. The average Bonchev–Trinajstić information content (AvgIpc) is 3.02. The lowest BCUT2D eigenvalue weighted by atomic mass is 9.96. The normalized spacial score (nSPS) is 19.2. The van der Waals surface area contributed by atoms with Crippen molar-refractivity contribution in [2.24, 2.45) is 11.7 Å². The number of nitrogens with zero attached hydrogens (tertiary/aromatic N) is 1. The van der Waals surface area contributed by atoms with E-state index >= 15 is 0 Å². The summed E-state index contributed by atoms with van der Waals surface area (Å²) in [6.45, 7) is 4.20. The minimum Gasteiger partial charge on any atom is -0.351 e. The number of hydrogen-bond acceptors (Lipinski definition) is 4. The molecule has 1 atom stereocenters. The van der Waals surface area contributed by atoms with Gasteiger partial charge in [-0.3, -0.25) is 4.79 Å². The van der Waals surface area contributed by atoms with Crippen LogP contribution >= 0.6 is 0 Å². The van der Waals surface area contributed by atoms with Gasteiger partial charge in [-0.25, -0.2) is 0 Å². The fourth-order valence-corrected chi connectivity index (χ4v) is 1.83. The van der Waals surface area contributed by atoms with Gasteiger partial charge in [-0.1, -0.05) is 5.16 Å². The summed E-state index contributed by atoms with van der Waals surface area (Å²) in [5.41, 5.74) is 6.10. The van der Waals surface area contributed by atoms with Gasteiger partial charge in [-0.2, -0.15) is 0 Å². The van der Waals surface area contributed by atoms with Crippen molar-refractivity contribution < 1.29 is 9.32 Å². The second-order valence-electron chi connectivity index (χ2n) is 4.68. The van der Waals surface area contributed by atoms with Crippen LogP contribution < -0.4 is 11.1 Å². The van der Waals surface area contributed by atoms with Crippen molar-refractivity contribution in [1.29, 1.82) is 0 Å². The predicted molar refractivity (Wildman–Crippen MR) is 58.9 cm³/mol. The van der Waals surface area contributed by atoms with Crippen LogP contribution in [0.3, 0.4) is 0 Å². The minimum atomic E-state index is -0.322. The number of carbonyl (C=O) groups is 1. The smallest absolute Gasteiger partial charge is 0.290 e. The summed E-state index contributed by atoms with van der Waals surface area (Å²) in [7, 11) is 0. The molecule has 5 heteroatoms. The minimum absolute atomic E-state index is 0.236. The van der Waals surface area contributed by atoms with E-state index in [9.17, 15) is 4.79 Å². The molecule has 1 amide bonds. The van der Waals surface area contributed by atoms with Gasteiger partial charge in [0.2, 0.25) is 5.76 Å². The lowest BCUT2D eigenvalue weighted by Gasteiger charge is -2.28. The maximum absolute atomic E-state index is 11.9. The second kappa shape index (κ2) is 3.90. The van der Waals surface area contributed by atoms with Crippen LogP contribution in [0.15, 0.2) is 10.6 Å². The first kappa shape index (κ1) is 11.1. The summed E-state index contributed by atoms with van der Waals surface area (Å²) in [6.07, 6.45) is 2.26. The van der Waals surface area contributed by atoms with Crippen LogP contribution in [-0.2, 0) is 0 Å². The molecule has 0 radical (unpaired) electrons. The molecule has 1 aliphatic rings. The molecular formula is C11H17N3O2. The molecule has 88 valence electrons. The summed E-state index contributed by atoms with van der Waals surface area (Å²) in [5, 5.41) is 6.62. The molecule has 0 bridgehead atoms. The monoisotopic (exact) mass is 223 g/mol. The Labute approximate surface area is 94.4 Å². The maximum atomic E-state index is 11.9. The van der Waals surface area contributed by atoms with Gasteiger partial charge in [0.15, 0.2) is 0 Å². The summed E-state index contributed by atoms with van der Waals surface area (Å²) >= 11 is 0. The molecular weight excluding hydrogens is 206 g/mol. The SMILES string of the molecule is Cc1cc(C(=O)NC(C)(CN)C2CC2)on1. The predicted octanol–water partition coefficient (Wildman–Crippen LogP) is 0.840. The molecule has 1 aromatic heterocycles. The van der Waals surface area contributed by atoms with Crippen molar-refractivity contribution in [3.63, 3.8) is 0 Å². The van der Waals surface area contributed by atoms with Crippen molar-refractivity contribution in [2.45, 2.75) is 32.2 Å². The van der Waals surface area contributed by atoms with E-state index in [2.05, 4.69) is 10.5 Å². The van der Waals surface area contributed by atoms with Crippen LogP contribution in [0.1, 0.15) is 36.0 Å². The highest BCUT2D eigenvalue weighted by atomic mass is 16.5. The third-order valence-corrected chi connectivity index (χ3v) is 3.15. The van der Waals surface area contributed by atoms with Gasteiger partial charge in [0.05, 0.1) is 11.2 Å². The van der Waals surface area contributed by atoms with E-state index in [0.29, 0.717) is 18.2 Å². The number of amides is 1. The van der Waals surface area contributed by atoms with Gasteiger partial charge >= 0.3 is 0 Å². The number of nitrogens with one attached hydrogen (secondary N) is 1. The van der Waals surface area contributed by atoms with Crippen LogP contribution in [0.25, 0.3) is 0 Å². The Morgan fingerprint density at radius 2 is 2.44 bits per heavy atom. The number of aryl methyl sites for hydroxylation is 1. The molecule has 2 rings (SSSR count). The number of rotatable bonds is 4. The van der Waals surface area contributed by atoms with E-state index in [-0.39, 0.29) is 17.2 Å². The molecule has 5 nitrogen and oxygen atoms in total. The standard InChI is InChI=1S/C11H17N3O2/c1-7-5-9(16-14-7)10(15)13-11(2,6-12)8-3-4-8/h5,8H,3-4,6,12H2,1-2H3,(H,13,15). The Morgan fingerprint density at radius 3 is 2.88 bits per heavy atom. The van der Waals surface area contributed by atoms with Crippen molar-refractivity contribution in [1.82, 2.24) is 10.5 Å². The summed E-state index contributed by atoms with van der Waals surface area (Å²) in [5.74, 6) is 0.503. The fourth-order valence-electron chi connectivity index (χ4n) is 1.83. The lowest BCUT2D eigenvalue weighted by molar-refractivity contribution is 0.0860. The van der Waals surface area contributed by atoms with Gasteiger partial charge in [-0.15, -0.1) is 0 Å². The summed E-state index contributed by atoms with van der Waals surface area (Å²) < 4.78 is 4.91. The van der Waals surface area contributed by atoms with Gasteiger partial charge in [0, 0.05) is 12.6 Å².